The second-order valence-corrected chi connectivity index (χ2v) is 26.0. The highest BCUT2D eigenvalue weighted by Crippen LogP contribution is 2.85. The van der Waals surface area contributed by atoms with Crippen molar-refractivity contribution >= 4 is 23.8 Å². The van der Waals surface area contributed by atoms with Crippen molar-refractivity contribution in [2.24, 2.45) is 5.41 Å². The van der Waals surface area contributed by atoms with E-state index in [1.165, 1.54) is 55.0 Å². The van der Waals surface area contributed by atoms with Gasteiger partial charge in [0.2, 0.25) is 0 Å². The highest BCUT2D eigenvalue weighted by Gasteiger charge is 2.49. The molecule has 0 N–H and O–H groups in total. The lowest BCUT2D eigenvalue weighted by Gasteiger charge is -2.36. The molecule has 1 fully saturated rings. The van der Waals surface area contributed by atoms with Gasteiger partial charge in [0.15, 0.2) is 0 Å². The van der Waals surface area contributed by atoms with Gasteiger partial charge in [0.25, 0.3) is 0 Å². The van der Waals surface area contributed by atoms with Crippen molar-refractivity contribution in [3.63, 3.8) is 0 Å². The lowest BCUT2D eigenvalue weighted by molar-refractivity contribution is 0.312. The molecule has 2 heterocycles. The Balaban J connectivity index is 1.48. The van der Waals surface area contributed by atoms with Crippen molar-refractivity contribution in [3.8, 4) is 0 Å². The van der Waals surface area contributed by atoms with Crippen LogP contribution in [0.3, 0.4) is 0 Å². The molecule has 3 heteroatoms. The molecule has 42 heavy (non-hydrogen) atoms. The third-order valence-corrected chi connectivity index (χ3v) is 21.3. The summed E-state index contributed by atoms with van der Waals surface area (Å²) >= 11 is 0. The Kier molecular flexibility index (Phi) is 10.0. The average Bonchev–Trinajstić information content (AvgIpc) is 3.38. The first-order valence-electron chi connectivity index (χ1n) is 16.7. The maximum Gasteiger partial charge on any atom is 0.0143 e. The molecule has 1 saturated heterocycles. The summed E-state index contributed by atoms with van der Waals surface area (Å²) in [6, 6.07) is 10.1. The van der Waals surface area contributed by atoms with Gasteiger partial charge in [-0.15, -0.1) is 8.58 Å². The van der Waals surface area contributed by atoms with Crippen LogP contribution >= 0.6 is 23.8 Å². The van der Waals surface area contributed by atoms with Gasteiger partial charge in [-0.25, -0.2) is 0 Å². The van der Waals surface area contributed by atoms with Crippen LogP contribution in [0.5, 0.6) is 0 Å². The normalized spacial score (nSPS) is 24.6. The minimum Gasteiger partial charge on any atom is -0.118 e. The first kappa shape index (κ1) is 34.6. The zero-order chi connectivity index (χ0) is 31.5. The molecular formula is C39H63P3. The molecule has 4 atom stereocenters. The van der Waals surface area contributed by atoms with E-state index in [-0.39, 0.29) is 31.5 Å². The largest absolute Gasteiger partial charge is 0.118 e. The zero-order valence-electron chi connectivity index (χ0n) is 29.9. The molecule has 0 nitrogen and oxygen atoms in total. The molecule has 0 bridgehead atoms. The van der Waals surface area contributed by atoms with Crippen LogP contribution in [0.2, 0.25) is 0 Å². The first-order chi connectivity index (χ1) is 19.2. The summed E-state index contributed by atoms with van der Waals surface area (Å²) in [5.41, 5.74) is 14.0. The molecule has 0 spiro atoms. The Morgan fingerprint density at radius 2 is 1.31 bits per heavy atom. The molecule has 2 aromatic carbocycles. The molecule has 2 aliphatic heterocycles. The number of rotatable bonds is 7. The van der Waals surface area contributed by atoms with Gasteiger partial charge in [0, 0.05) is 5.16 Å². The summed E-state index contributed by atoms with van der Waals surface area (Å²) in [6.07, 6.45) is 11.4. The van der Waals surface area contributed by atoms with Crippen LogP contribution in [-0.4, -0.2) is 18.5 Å². The molecule has 2 aliphatic rings. The van der Waals surface area contributed by atoms with Gasteiger partial charge in [-0.2, -0.15) is 0 Å². The summed E-state index contributed by atoms with van der Waals surface area (Å²) < 4.78 is 0. The Morgan fingerprint density at radius 1 is 0.786 bits per heavy atom. The van der Waals surface area contributed by atoms with Gasteiger partial charge in [0.1, 0.15) is 0 Å². The number of benzene rings is 2. The molecule has 0 radical (unpaired) electrons. The molecule has 4 unspecified atom stereocenters. The highest BCUT2D eigenvalue weighted by molar-refractivity contribution is 8.30. The Morgan fingerprint density at radius 3 is 1.83 bits per heavy atom. The maximum absolute atomic E-state index is 2.62. The monoisotopic (exact) mass is 624 g/mol. The summed E-state index contributed by atoms with van der Waals surface area (Å²) in [5, 5.41) is 0.367. The highest BCUT2D eigenvalue weighted by atomic mass is 32.1. The number of aryl methyl sites for hydroxylation is 2. The molecule has 0 aromatic heterocycles. The van der Waals surface area contributed by atoms with E-state index in [1.807, 2.05) is 0 Å². The van der Waals surface area contributed by atoms with Crippen LogP contribution in [0.25, 0.3) is 0 Å². The van der Waals surface area contributed by atoms with Crippen molar-refractivity contribution in [1.29, 1.82) is 0 Å². The number of hydrogen-bond donors (Lipinski definition) is 0. The Labute approximate surface area is 265 Å². The lowest BCUT2D eigenvalue weighted by atomic mass is 9.76. The topological polar surface area (TPSA) is 0 Å². The predicted molar refractivity (Wildman–Crippen MR) is 198 cm³/mol. The van der Waals surface area contributed by atoms with Crippen molar-refractivity contribution in [2.45, 2.75) is 150 Å². The summed E-state index contributed by atoms with van der Waals surface area (Å²) in [7, 11) is 1.18. The maximum atomic E-state index is 2.62. The molecule has 0 saturated carbocycles. The molecule has 0 aliphatic carbocycles. The van der Waals surface area contributed by atoms with E-state index in [0.29, 0.717) is 10.6 Å². The SMILES string of the molecule is CCC1(CCPCc2c(C(C)(C)C)cc(C)cc2C(C)(C)C)CCP(P2Cc3c(C(C)(C)C)cc(C)cc3C2(C)C)C1. The van der Waals surface area contributed by atoms with Gasteiger partial charge < -0.3 is 0 Å². The van der Waals surface area contributed by atoms with Crippen LogP contribution < -0.4 is 0 Å². The minimum atomic E-state index is 0.0181. The van der Waals surface area contributed by atoms with Gasteiger partial charge in [-0.1, -0.05) is 140 Å². The third-order valence-electron chi connectivity index (χ3n) is 10.5. The fourth-order valence-electron chi connectivity index (χ4n) is 7.84. The second kappa shape index (κ2) is 12.2. The minimum absolute atomic E-state index is 0.0181. The molecule has 234 valence electrons. The summed E-state index contributed by atoms with van der Waals surface area (Å²) in [5.74, 6) is 0. The van der Waals surface area contributed by atoms with Gasteiger partial charge in [0.05, 0.1) is 0 Å². The quantitative estimate of drug-likeness (QED) is 0.212. The van der Waals surface area contributed by atoms with Crippen LogP contribution in [0, 0.1) is 19.3 Å². The summed E-state index contributed by atoms with van der Waals surface area (Å²) in [4.78, 5) is 0. The lowest BCUT2D eigenvalue weighted by Crippen LogP contribution is -2.22. The standard InChI is InChI=1S/C39H63P3/c1-15-39(16-18-40-24-29-31(35(4,5)6)20-27(2)21-32(29)36(7,8)9)17-19-41(26-39)42-25-30-33(37(10,11)12)22-28(3)23-34(30)38(42,13)14/h20-23,40H,15-19,24-26H2,1-14H3. The number of fused-ring (bicyclic) bond motifs is 1. The molecule has 0 amide bonds. The fourth-order valence-corrected chi connectivity index (χ4v) is 20.3. The smallest absolute Gasteiger partial charge is 0.0143 e. The fraction of sp³-hybridized carbons (Fsp3) is 0.692. The van der Waals surface area contributed by atoms with Crippen molar-refractivity contribution < 1.29 is 0 Å². The zero-order valence-corrected chi connectivity index (χ0v) is 32.6. The van der Waals surface area contributed by atoms with E-state index >= 15 is 0 Å². The Bertz CT molecular complexity index is 1250. The second-order valence-electron chi connectivity index (χ2n) is 17.5. The van der Waals surface area contributed by atoms with Crippen molar-refractivity contribution in [3.05, 3.63) is 68.8 Å². The predicted octanol–water partition coefficient (Wildman–Crippen LogP) is 12.9. The van der Waals surface area contributed by atoms with E-state index in [4.69, 9.17) is 0 Å². The first-order valence-corrected chi connectivity index (χ1v) is 22.1. The van der Waals surface area contributed by atoms with Crippen LogP contribution in [0.1, 0.15) is 147 Å². The van der Waals surface area contributed by atoms with E-state index in [1.54, 1.807) is 39.5 Å². The van der Waals surface area contributed by atoms with Crippen LogP contribution in [0.4, 0.5) is 0 Å². The van der Waals surface area contributed by atoms with Gasteiger partial charge >= 0.3 is 0 Å². The van der Waals surface area contributed by atoms with E-state index < -0.39 is 0 Å². The van der Waals surface area contributed by atoms with E-state index in [9.17, 15) is 0 Å². The molecule has 4 rings (SSSR count). The van der Waals surface area contributed by atoms with E-state index in [2.05, 4.69) is 121 Å². The van der Waals surface area contributed by atoms with Crippen molar-refractivity contribution in [1.82, 2.24) is 0 Å². The average molecular weight is 625 g/mol. The van der Waals surface area contributed by atoms with E-state index in [0.717, 1.165) is 8.58 Å². The third kappa shape index (κ3) is 7.08. The van der Waals surface area contributed by atoms with Crippen LogP contribution in [-0.2, 0) is 33.7 Å². The van der Waals surface area contributed by atoms with Crippen molar-refractivity contribution in [2.75, 3.05) is 18.5 Å². The van der Waals surface area contributed by atoms with Gasteiger partial charge in [-0.05, 0) is 113 Å². The summed E-state index contributed by atoms with van der Waals surface area (Å²) in [6.45, 7) is 34.1. The van der Waals surface area contributed by atoms with Gasteiger partial charge in [-0.3, -0.25) is 0 Å². The molecule has 2 aromatic rings. The molecular weight excluding hydrogens is 561 g/mol. The number of hydrogen-bond acceptors (Lipinski definition) is 0. The van der Waals surface area contributed by atoms with Crippen LogP contribution in [0.15, 0.2) is 24.3 Å². The Hall–Kier alpha value is -0.270.